The molecule has 1 saturated carbocycles. The third-order valence-corrected chi connectivity index (χ3v) is 3.76. The fourth-order valence-electron chi connectivity index (χ4n) is 2.72. The molecule has 4 heteroatoms. The lowest BCUT2D eigenvalue weighted by molar-refractivity contribution is -0.124. The minimum Gasteiger partial charge on any atom is -0.356 e. The normalized spacial score (nSPS) is 25.4. The number of carbonyl (C=O) groups is 1. The van der Waals surface area contributed by atoms with E-state index in [-0.39, 0.29) is 24.2 Å². The van der Waals surface area contributed by atoms with E-state index in [0.717, 1.165) is 32.0 Å². The number of hydrogen-bond donors (Lipinski definition) is 2. The van der Waals surface area contributed by atoms with Gasteiger partial charge in [-0.3, -0.25) is 4.79 Å². The van der Waals surface area contributed by atoms with Gasteiger partial charge in [0, 0.05) is 13.1 Å². The topological polar surface area (TPSA) is 41.1 Å². The maximum Gasteiger partial charge on any atom is 0.224 e. The zero-order valence-electron chi connectivity index (χ0n) is 9.84. The molecule has 2 rings (SSSR count). The fourth-order valence-corrected chi connectivity index (χ4v) is 2.72. The highest BCUT2D eigenvalue weighted by Crippen LogP contribution is 2.26. The lowest BCUT2D eigenvalue weighted by Gasteiger charge is -2.12. The van der Waals surface area contributed by atoms with E-state index in [1.165, 1.54) is 32.1 Å². The second kappa shape index (κ2) is 7.13. The van der Waals surface area contributed by atoms with Gasteiger partial charge in [-0.2, -0.15) is 0 Å². The summed E-state index contributed by atoms with van der Waals surface area (Å²) >= 11 is 0. The van der Waals surface area contributed by atoms with Gasteiger partial charge in [-0.25, -0.2) is 0 Å². The molecule has 16 heavy (non-hydrogen) atoms. The molecule has 0 aromatic heterocycles. The second-order valence-corrected chi connectivity index (χ2v) is 4.92. The molecule has 0 aromatic carbocycles. The zero-order chi connectivity index (χ0) is 10.5. The monoisotopic (exact) mass is 246 g/mol. The minimum atomic E-state index is 0. The van der Waals surface area contributed by atoms with Crippen molar-refractivity contribution in [2.24, 2.45) is 11.8 Å². The lowest BCUT2D eigenvalue weighted by Crippen LogP contribution is -2.33. The summed E-state index contributed by atoms with van der Waals surface area (Å²) in [6, 6.07) is 0. The molecule has 0 bridgehead atoms. The van der Waals surface area contributed by atoms with E-state index < -0.39 is 0 Å². The van der Waals surface area contributed by atoms with Crippen molar-refractivity contribution in [3.63, 3.8) is 0 Å². The van der Waals surface area contributed by atoms with E-state index >= 15 is 0 Å². The van der Waals surface area contributed by atoms with Gasteiger partial charge in [-0.05, 0) is 25.3 Å². The van der Waals surface area contributed by atoms with Gasteiger partial charge in [-0.1, -0.05) is 25.7 Å². The third kappa shape index (κ3) is 3.95. The largest absolute Gasteiger partial charge is 0.356 e. The molecule has 2 aliphatic rings. The molecule has 0 radical (unpaired) electrons. The molecule has 1 heterocycles. The Morgan fingerprint density at radius 3 is 2.62 bits per heavy atom. The molecule has 1 atom stereocenters. The summed E-state index contributed by atoms with van der Waals surface area (Å²) < 4.78 is 0. The smallest absolute Gasteiger partial charge is 0.224 e. The molecule has 2 N–H and O–H groups in total. The molecule has 2 fully saturated rings. The van der Waals surface area contributed by atoms with Crippen LogP contribution in [0, 0.1) is 11.8 Å². The van der Waals surface area contributed by atoms with Crippen LogP contribution in [0.25, 0.3) is 0 Å². The third-order valence-electron chi connectivity index (χ3n) is 3.76. The number of carbonyl (C=O) groups excluding carboxylic acids is 1. The summed E-state index contributed by atoms with van der Waals surface area (Å²) in [6.45, 7) is 2.76. The SMILES string of the molecule is Cl.O=C(NCCC1CCCC1)[C@@H]1CCNC1. The van der Waals surface area contributed by atoms with Crippen molar-refractivity contribution < 1.29 is 4.79 Å². The fraction of sp³-hybridized carbons (Fsp3) is 0.917. The van der Waals surface area contributed by atoms with Crippen LogP contribution >= 0.6 is 12.4 Å². The van der Waals surface area contributed by atoms with Crippen LogP contribution in [0.1, 0.15) is 38.5 Å². The van der Waals surface area contributed by atoms with Gasteiger partial charge < -0.3 is 10.6 Å². The number of hydrogen-bond acceptors (Lipinski definition) is 2. The van der Waals surface area contributed by atoms with Crippen molar-refractivity contribution in [2.75, 3.05) is 19.6 Å². The van der Waals surface area contributed by atoms with Gasteiger partial charge in [-0.15, -0.1) is 12.4 Å². The molecule has 0 spiro atoms. The Morgan fingerprint density at radius 1 is 1.25 bits per heavy atom. The highest BCUT2D eigenvalue weighted by Gasteiger charge is 2.22. The van der Waals surface area contributed by atoms with Crippen LogP contribution in [0.2, 0.25) is 0 Å². The van der Waals surface area contributed by atoms with Crippen molar-refractivity contribution in [1.29, 1.82) is 0 Å². The molecular weight excluding hydrogens is 224 g/mol. The van der Waals surface area contributed by atoms with E-state index in [9.17, 15) is 4.79 Å². The van der Waals surface area contributed by atoms with Gasteiger partial charge in [0.1, 0.15) is 0 Å². The quantitative estimate of drug-likeness (QED) is 0.793. The van der Waals surface area contributed by atoms with Crippen LogP contribution in [0.15, 0.2) is 0 Å². The molecule has 0 unspecified atom stereocenters. The summed E-state index contributed by atoms with van der Waals surface area (Å²) in [7, 11) is 0. The number of nitrogens with one attached hydrogen (secondary N) is 2. The molecule has 1 amide bonds. The van der Waals surface area contributed by atoms with Crippen LogP contribution < -0.4 is 10.6 Å². The van der Waals surface area contributed by atoms with Crippen LogP contribution in [0.3, 0.4) is 0 Å². The van der Waals surface area contributed by atoms with Crippen molar-refractivity contribution in [2.45, 2.75) is 38.5 Å². The minimum absolute atomic E-state index is 0. The summed E-state index contributed by atoms with van der Waals surface area (Å²) in [4.78, 5) is 11.7. The molecule has 1 aliphatic carbocycles. The van der Waals surface area contributed by atoms with Crippen LogP contribution in [0.4, 0.5) is 0 Å². The molecule has 94 valence electrons. The Morgan fingerprint density at radius 2 is 2.00 bits per heavy atom. The first-order chi connectivity index (χ1) is 7.36. The van der Waals surface area contributed by atoms with Gasteiger partial charge in [0.25, 0.3) is 0 Å². The highest BCUT2D eigenvalue weighted by atomic mass is 35.5. The van der Waals surface area contributed by atoms with Gasteiger partial charge in [0.05, 0.1) is 5.92 Å². The van der Waals surface area contributed by atoms with Crippen LogP contribution in [0.5, 0.6) is 0 Å². The number of rotatable bonds is 4. The summed E-state index contributed by atoms with van der Waals surface area (Å²) in [5.41, 5.74) is 0. The maximum absolute atomic E-state index is 11.7. The molecular formula is C12H23ClN2O. The number of amides is 1. The van der Waals surface area contributed by atoms with Crippen molar-refractivity contribution >= 4 is 18.3 Å². The van der Waals surface area contributed by atoms with Crippen molar-refractivity contribution in [1.82, 2.24) is 10.6 Å². The predicted octanol–water partition coefficient (Wildman–Crippen LogP) is 1.71. The average molecular weight is 247 g/mol. The summed E-state index contributed by atoms with van der Waals surface area (Å²) in [6.07, 6.45) is 7.74. The number of halogens is 1. The Kier molecular flexibility index (Phi) is 6.14. The van der Waals surface area contributed by atoms with E-state index in [1.54, 1.807) is 0 Å². The van der Waals surface area contributed by atoms with Crippen molar-refractivity contribution in [3.05, 3.63) is 0 Å². The Labute approximate surface area is 104 Å². The Bertz CT molecular complexity index is 211. The highest BCUT2D eigenvalue weighted by molar-refractivity contribution is 5.85. The average Bonchev–Trinajstić information content (AvgIpc) is 2.90. The van der Waals surface area contributed by atoms with Crippen molar-refractivity contribution in [3.8, 4) is 0 Å². The zero-order valence-corrected chi connectivity index (χ0v) is 10.7. The van der Waals surface area contributed by atoms with Gasteiger partial charge in [0.2, 0.25) is 5.91 Å². The first-order valence-electron chi connectivity index (χ1n) is 6.34. The summed E-state index contributed by atoms with van der Waals surface area (Å²) in [5.74, 6) is 1.37. The summed E-state index contributed by atoms with van der Waals surface area (Å²) in [5, 5.41) is 6.30. The standard InChI is InChI=1S/C12H22N2O.ClH/c15-12(11-6-7-13-9-11)14-8-5-10-3-1-2-4-10;/h10-11,13H,1-9H2,(H,14,15);1H/t11-;/m1./s1. The second-order valence-electron chi connectivity index (χ2n) is 4.92. The van der Waals surface area contributed by atoms with Gasteiger partial charge in [0.15, 0.2) is 0 Å². The van der Waals surface area contributed by atoms with E-state index in [0.29, 0.717) is 0 Å². The lowest BCUT2D eigenvalue weighted by atomic mass is 10.0. The Balaban J connectivity index is 0.00000128. The van der Waals surface area contributed by atoms with E-state index in [4.69, 9.17) is 0 Å². The maximum atomic E-state index is 11.7. The van der Waals surface area contributed by atoms with Crippen LogP contribution in [-0.4, -0.2) is 25.5 Å². The van der Waals surface area contributed by atoms with Gasteiger partial charge >= 0.3 is 0 Å². The Hall–Kier alpha value is -0.280. The first-order valence-corrected chi connectivity index (χ1v) is 6.34. The van der Waals surface area contributed by atoms with Crippen LogP contribution in [-0.2, 0) is 4.79 Å². The van der Waals surface area contributed by atoms with E-state index in [1.807, 2.05) is 0 Å². The molecule has 1 aliphatic heterocycles. The molecule has 1 saturated heterocycles. The molecule has 0 aromatic rings. The molecule has 3 nitrogen and oxygen atoms in total. The predicted molar refractivity (Wildman–Crippen MR) is 67.8 cm³/mol. The van der Waals surface area contributed by atoms with E-state index in [2.05, 4.69) is 10.6 Å². The first kappa shape index (κ1) is 13.8.